The number of para-hydroxylation sites is 1. The van der Waals surface area contributed by atoms with Gasteiger partial charge in [-0.15, -0.1) is 0 Å². The average molecular weight is 418 g/mol. The lowest BCUT2D eigenvalue weighted by Crippen LogP contribution is -2.33. The second-order valence-corrected chi connectivity index (χ2v) is 9.02. The third kappa shape index (κ3) is 4.26. The number of hydrogen-bond acceptors (Lipinski definition) is 6. The van der Waals surface area contributed by atoms with E-state index in [-0.39, 0.29) is 21.4 Å². The summed E-state index contributed by atoms with van der Waals surface area (Å²) in [6.45, 7) is 5.26. The van der Waals surface area contributed by atoms with E-state index in [4.69, 9.17) is 0 Å². The number of amides is 1. The number of carbonyl (C=O) groups is 1. The van der Waals surface area contributed by atoms with Crippen LogP contribution in [0.2, 0.25) is 0 Å². The van der Waals surface area contributed by atoms with Crippen LogP contribution in [0.25, 0.3) is 10.9 Å². The van der Waals surface area contributed by atoms with Crippen LogP contribution in [0.5, 0.6) is 0 Å². The molecule has 0 atom stereocenters. The number of nitrogens with one attached hydrogen (secondary N) is 2. The Morgan fingerprint density at radius 3 is 2.46 bits per heavy atom. The third-order valence-corrected chi connectivity index (χ3v) is 6.60. The van der Waals surface area contributed by atoms with Crippen molar-refractivity contribution in [3.8, 4) is 0 Å². The molecule has 0 bridgehead atoms. The third-order valence-electron chi connectivity index (χ3n) is 4.05. The summed E-state index contributed by atoms with van der Waals surface area (Å²) in [6, 6.07) is 10.4. The lowest BCUT2D eigenvalue weighted by atomic mass is 10.1. The largest absolute Gasteiger partial charge is 0.301 e. The first-order valence-electron chi connectivity index (χ1n) is 8.43. The summed E-state index contributed by atoms with van der Waals surface area (Å²) >= 11 is 0.961. The number of hydrogen-bond donors (Lipinski definition) is 2. The van der Waals surface area contributed by atoms with Crippen molar-refractivity contribution in [3.63, 3.8) is 0 Å². The van der Waals surface area contributed by atoms with E-state index >= 15 is 0 Å². The van der Waals surface area contributed by atoms with Gasteiger partial charge in [0, 0.05) is 0 Å². The number of rotatable bonds is 5. The van der Waals surface area contributed by atoms with E-state index in [2.05, 4.69) is 14.7 Å². The number of H-pyrrole nitrogens is 1. The van der Waals surface area contributed by atoms with Crippen LogP contribution in [0.3, 0.4) is 0 Å². The standard InChI is InChI=1S/C19H19N3O4S2/c1-11-8-12(2)17(13(3)9-11)28(25,26)22-16(23)10-27-19-20-15-7-5-4-6-14(15)18(24)21-19/h4-9H,10H2,1-3H3,(H,22,23)(H,20,21,24). The van der Waals surface area contributed by atoms with E-state index in [0.717, 1.165) is 17.3 Å². The van der Waals surface area contributed by atoms with Crippen LogP contribution in [-0.2, 0) is 14.8 Å². The van der Waals surface area contributed by atoms with Crippen molar-refractivity contribution in [2.45, 2.75) is 30.8 Å². The van der Waals surface area contributed by atoms with Crippen molar-refractivity contribution >= 4 is 38.6 Å². The van der Waals surface area contributed by atoms with Gasteiger partial charge in [0.2, 0.25) is 5.91 Å². The van der Waals surface area contributed by atoms with Gasteiger partial charge in [-0.05, 0) is 44.0 Å². The Hall–Kier alpha value is -2.65. The molecule has 3 rings (SSSR count). The fourth-order valence-electron chi connectivity index (χ4n) is 3.09. The summed E-state index contributed by atoms with van der Waals surface area (Å²) in [5.74, 6) is -0.898. The Morgan fingerprint density at radius 1 is 1.14 bits per heavy atom. The Kier molecular flexibility index (Phi) is 5.57. The lowest BCUT2D eigenvalue weighted by molar-refractivity contribution is -0.116. The maximum atomic E-state index is 12.6. The van der Waals surface area contributed by atoms with E-state index < -0.39 is 15.9 Å². The molecule has 1 heterocycles. The minimum Gasteiger partial charge on any atom is -0.301 e. The van der Waals surface area contributed by atoms with Crippen LogP contribution in [0.4, 0.5) is 0 Å². The first kappa shape index (κ1) is 20.1. The highest BCUT2D eigenvalue weighted by Gasteiger charge is 2.22. The fourth-order valence-corrected chi connectivity index (χ4v) is 5.29. The van der Waals surface area contributed by atoms with E-state index in [1.165, 1.54) is 0 Å². The molecule has 2 N–H and O–H groups in total. The number of benzene rings is 2. The molecule has 0 saturated heterocycles. The fraction of sp³-hybridized carbons (Fsp3) is 0.211. The van der Waals surface area contributed by atoms with Crippen molar-refractivity contribution < 1.29 is 13.2 Å². The second kappa shape index (κ2) is 7.76. The average Bonchev–Trinajstić information content (AvgIpc) is 2.58. The summed E-state index contributed by atoms with van der Waals surface area (Å²) in [5, 5.41) is 0.697. The summed E-state index contributed by atoms with van der Waals surface area (Å²) in [4.78, 5) is 31.2. The van der Waals surface area contributed by atoms with Gasteiger partial charge >= 0.3 is 0 Å². The number of sulfonamides is 1. The zero-order valence-electron chi connectivity index (χ0n) is 15.6. The molecule has 1 amide bonds. The van der Waals surface area contributed by atoms with Gasteiger partial charge in [0.15, 0.2) is 5.16 Å². The molecule has 0 spiro atoms. The first-order valence-corrected chi connectivity index (χ1v) is 10.9. The van der Waals surface area contributed by atoms with Crippen LogP contribution in [0, 0.1) is 20.8 Å². The van der Waals surface area contributed by atoms with Gasteiger partial charge in [0.25, 0.3) is 15.6 Å². The highest BCUT2D eigenvalue weighted by molar-refractivity contribution is 8.00. The Morgan fingerprint density at radius 2 is 1.79 bits per heavy atom. The highest BCUT2D eigenvalue weighted by atomic mass is 32.2. The molecule has 0 radical (unpaired) electrons. The molecular weight excluding hydrogens is 398 g/mol. The number of aromatic amines is 1. The number of aromatic nitrogens is 2. The first-order chi connectivity index (χ1) is 13.2. The van der Waals surface area contributed by atoms with Crippen molar-refractivity contribution in [2.75, 3.05) is 5.75 Å². The number of carbonyl (C=O) groups excluding carboxylic acids is 1. The zero-order valence-corrected chi connectivity index (χ0v) is 17.2. The predicted molar refractivity (Wildman–Crippen MR) is 109 cm³/mol. The molecule has 0 unspecified atom stereocenters. The molecular formula is C19H19N3O4S2. The van der Waals surface area contributed by atoms with Crippen LogP contribution < -0.4 is 10.3 Å². The smallest absolute Gasteiger partial charge is 0.264 e. The van der Waals surface area contributed by atoms with Gasteiger partial charge in [0.1, 0.15) is 0 Å². The zero-order chi connectivity index (χ0) is 20.5. The van der Waals surface area contributed by atoms with Crippen LogP contribution in [0.15, 0.2) is 51.2 Å². The minimum absolute atomic E-state index is 0.105. The molecule has 0 aliphatic carbocycles. The Balaban J connectivity index is 1.75. The number of nitrogens with zero attached hydrogens (tertiary/aromatic N) is 1. The molecule has 146 valence electrons. The van der Waals surface area contributed by atoms with Gasteiger partial charge in [-0.1, -0.05) is 41.6 Å². The normalized spacial score (nSPS) is 11.5. The molecule has 0 aliphatic heterocycles. The summed E-state index contributed by atoms with van der Waals surface area (Å²) in [7, 11) is -3.99. The molecule has 7 nitrogen and oxygen atoms in total. The maximum absolute atomic E-state index is 12.6. The Labute approximate surface area is 166 Å². The van der Waals surface area contributed by atoms with Crippen LogP contribution >= 0.6 is 11.8 Å². The molecule has 3 aromatic rings. The molecule has 1 aromatic heterocycles. The maximum Gasteiger partial charge on any atom is 0.264 e. The van der Waals surface area contributed by atoms with Crippen molar-refractivity contribution in [1.29, 1.82) is 0 Å². The van der Waals surface area contributed by atoms with Gasteiger partial charge < -0.3 is 4.98 Å². The summed E-state index contributed by atoms with van der Waals surface area (Å²) < 4.78 is 27.3. The molecule has 0 aliphatic rings. The van der Waals surface area contributed by atoms with Gasteiger partial charge in [-0.25, -0.2) is 18.1 Å². The number of aryl methyl sites for hydroxylation is 3. The highest BCUT2D eigenvalue weighted by Crippen LogP contribution is 2.22. The minimum atomic E-state index is -3.99. The van der Waals surface area contributed by atoms with Crippen molar-refractivity contribution in [1.82, 2.24) is 14.7 Å². The summed E-state index contributed by atoms with van der Waals surface area (Å²) in [6.07, 6.45) is 0. The van der Waals surface area contributed by atoms with Gasteiger partial charge in [-0.2, -0.15) is 0 Å². The van der Waals surface area contributed by atoms with E-state index in [0.29, 0.717) is 22.0 Å². The van der Waals surface area contributed by atoms with E-state index in [1.807, 2.05) is 6.92 Å². The van der Waals surface area contributed by atoms with Crippen LogP contribution in [-0.4, -0.2) is 30.0 Å². The van der Waals surface area contributed by atoms with Crippen molar-refractivity contribution in [2.24, 2.45) is 0 Å². The predicted octanol–water partition coefficient (Wildman–Crippen LogP) is 2.45. The molecule has 28 heavy (non-hydrogen) atoms. The van der Waals surface area contributed by atoms with Gasteiger partial charge in [-0.3, -0.25) is 9.59 Å². The van der Waals surface area contributed by atoms with Crippen molar-refractivity contribution in [3.05, 3.63) is 63.4 Å². The molecule has 0 saturated carbocycles. The summed E-state index contributed by atoms with van der Waals surface area (Å²) in [5.41, 5.74) is 2.29. The van der Waals surface area contributed by atoms with E-state index in [1.54, 1.807) is 50.2 Å². The monoisotopic (exact) mass is 417 g/mol. The van der Waals surface area contributed by atoms with E-state index in [9.17, 15) is 18.0 Å². The topological polar surface area (TPSA) is 109 Å². The number of fused-ring (bicyclic) bond motifs is 1. The lowest BCUT2D eigenvalue weighted by Gasteiger charge is -2.13. The Bertz CT molecular complexity index is 1210. The number of thioether (sulfide) groups is 1. The molecule has 2 aromatic carbocycles. The molecule has 0 fully saturated rings. The quantitative estimate of drug-likeness (QED) is 0.488. The molecule has 9 heteroatoms. The van der Waals surface area contributed by atoms with Crippen LogP contribution in [0.1, 0.15) is 16.7 Å². The van der Waals surface area contributed by atoms with Gasteiger partial charge in [0.05, 0.1) is 21.6 Å². The SMILES string of the molecule is Cc1cc(C)c(S(=O)(=O)NC(=O)CSc2nc3ccccc3c(=O)[nH]2)c(C)c1. The second-order valence-electron chi connectivity index (χ2n) is 6.43.